The second kappa shape index (κ2) is 14.4. The first-order chi connectivity index (χ1) is 15.6. The van der Waals surface area contributed by atoms with Gasteiger partial charge in [0.05, 0.1) is 32.4 Å². The van der Waals surface area contributed by atoms with E-state index >= 15 is 0 Å². The van der Waals surface area contributed by atoms with E-state index in [1.807, 2.05) is 19.1 Å². The summed E-state index contributed by atoms with van der Waals surface area (Å²) in [6, 6.07) is 11.7. The minimum atomic E-state index is -0.280. The lowest BCUT2D eigenvalue weighted by atomic mass is 10.0. The number of aliphatic imine (C=N–C) groups is 1. The van der Waals surface area contributed by atoms with Gasteiger partial charge in [-0.2, -0.15) is 0 Å². The third-order valence-electron chi connectivity index (χ3n) is 5.38. The van der Waals surface area contributed by atoms with Gasteiger partial charge in [-0.1, -0.05) is 18.2 Å². The number of nitrogens with zero attached hydrogens (tertiary/aromatic N) is 2. The fourth-order valence-electron chi connectivity index (χ4n) is 3.73. The molecule has 9 heteroatoms. The zero-order valence-corrected chi connectivity index (χ0v) is 21.5. The van der Waals surface area contributed by atoms with Crippen LogP contribution < -0.4 is 10.6 Å². The summed E-state index contributed by atoms with van der Waals surface area (Å²) >= 11 is 0. The summed E-state index contributed by atoms with van der Waals surface area (Å²) in [5, 5.41) is 6.68. The molecule has 0 bridgehead atoms. The molecule has 1 aliphatic rings. The van der Waals surface area contributed by atoms with E-state index < -0.39 is 0 Å². The average Bonchev–Trinajstić information content (AvgIpc) is 2.81. The number of methoxy groups -OCH3 is 1. The third-order valence-corrected chi connectivity index (χ3v) is 5.38. The molecule has 0 saturated carbocycles. The van der Waals surface area contributed by atoms with Gasteiger partial charge in [-0.05, 0) is 42.3 Å². The van der Waals surface area contributed by atoms with Crippen LogP contribution in [0.2, 0.25) is 0 Å². The highest BCUT2D eigenvalue weighted by Crippen LogP contribution is 2.21. The molecule has 0 aliphatic carbocycles. The highest BCUT2D eigenvalue weighted by Gasteiger charge is 2.23. The SMILES string of the molecule is CCNC(=NCc1ccc(F)c(COC)c1)NCC(c1ccc(F)cc1)N1CCOCC1.I. The number of halogens is 3. The van der Waals surface area contributed by atoms with Crippen molar-refractivity contribution in [2.24, 2.45) is 4.99 Å². The van der Waals surface area contributed by atoms with Crippen LogP contribution >= 0.6 is 24.0 Å². The predicted octanol–water partition coefficient (Wildman–Crippen LogP) is 3.86. The molecular weight excluding hydrogens is 541 g/mol. The number of morpholine rings is 1. The van der Waals surface area contributed by atoms with Gasteiger partial charge in [0.25, 0.3) is 0 Å². The van der Waals surface area contributed by atoms with Crippen LogP contribution in [0.3, 0.4) is 0 Å². The van der Waals surface area contributed by atoms with Crippen LogP contribution in [0.15, 0.2) is 47.5 Å². The largest absolute Gasteiger partial charge is 0.380 e. The molecule has 0 radical (unpaired) electrons. The molecule has 6 nitrogen and oxygen atoms in total. The van der Waals surface area contributed by atoms with Gasteiger partial charge >= 0.3 is 0 Å². The number of guanidine groups is 1. The summed E-state index contributed by atoms with van der Waals surface area (Å²) in [5.74, 6) is 0.146. The Morgan fingerprint density at radius 1 is 1.12 bits per heavy atom. The lowest BCUT2D eigenvalue weighted by Gasteiger charge is -2.35. The zero-order valence-electron chi connectivity index (χ0n) is 19.2. The normalized spacial score (nSPS) is 15.6. The van der Waals surface area contributed by atoms with Gasteiger partial charge in [0.15, 0.2) is 5.96 Å². The van der Waals surface area contributed by atoms with E-state index in [1.165, 1.54) is 18.2 Å². The Morgan fingerprint density at radius 2 is 1.85 bits per heavy atom. The van der Waals surface area contributed by atoms with Gasteiger partial charge in [-0.3, -0.25) is 4.90 Å². The van der Waals surface area contributed by atoms with E-state index in [0.717, 1.165) is 24.2 Å². The molecule has 0 amide bonds. The smallest absolute Gasteiger partial charge is 0.191 e. The quantitative estimate of drug-likeness (QED) is 0.271. The van der Waals surface area contributed by atoms with Crippen molar-refractivity contribution >= 4 is 29.9 Å². The first kappa shape index (κ1) is 27.4. The van der Waals surface area contributed by atoms with Crippen molar-refractivity contribution in [1.29, 1.82) is 0 Å². The Labute approximate surface area is 211 Å². The Morgan fingerprint density at radius 3 is 2.52 bits per heavy atom. The maximum Gasteiger partial charge on any atom is 0.191 e. The number of hydrogen-bond donors (Lipinski definition) is 2. The Balaban J connectivity index is 0.00000385. The molecule has 182 valence electrons. The minimum Gasteiger partial charge on any atom is -0.380 e. The summed E-state index contributed by atoms with van der Waals surface area (Å²) in [6.45, 7) is 6.95. The molecule has 2 aromatic rings. The monoisotopic (exact) mass is 574 g/mol. The highest BCUT2D eigenvalue weighted by molar-refractivity contribution is 14.0. The van der Waals surface area contributed by atoms with Crippen molar-refractivity contribution in [3.05, 3.63) is 70.8 Å². The number of rotatable bonds is 9. The second-order valence-corrected chi connectivity index (χ2v) is 7.65. The maximum absolute atomic E-state index is 13.9. The second-order valence-electron chi connectivity index (χ2n) is 7.65. The number of benzene rings is 2. The molecule has 3 rings (SSSR count). The third kappa shape index (κ3) is 8.47. The van der Waals surface area contributed by atoms with Gasteiger partial charge < -0.3 is 20.1 Å². The van der Waals surface area contributed by atoms with Crippen molar-refractivity contribution in [3.63, 3.8) is 0 Å². The summed E-state index contributed by atoms with van der Waals surface area (Å²) in [5.41, 5.74) is 2.46. The standard InChI is InChI=1S/C24H32F2N4O2.HI/c1-3-27-24(28-15-18-4-9-22(26)20(14-18)17-31-2)29-16-23(30-10-12-32-13-11-30)19-5-7-21(25)8-6-19;/h4-9,14,23H,3,10-13,15-17H2,1-2H3,(H2,27,28,29);1H. The molecule has 2 N–H and O–H groups in total. The van der Waals surface area contributed by atoms with Crippen molar-refractivity contribution in [2.45, 2.75) is 26.1 Å². The predicted molar refractivity (Wildman–Crippen MR) is 137 cm³/mol. The molecule has 1 unspecified atom stereocenters. The van der Waals surface area contributed by atoms with Gasteiger partial charge in [-0.25, -0.2) is 13.8 Å². The maximum atomic E-state index is 13.9. The molecule has 1 aliphatic heterocycles. The molecule has 1 fully saturated rings. The molecule has 0 aromatic heterocycles. The minimum absolute atomic E-state index is 0. The van der Waals surface area contributed by atoms with Crippen LogP contribution in [0.1, 0.15) is 29.7 Å². The van der Waals surface area contributed by atoms with Crippen LogP contribution in [0.5, 0.6) is 0 Å². The Hall–Kier alpha value is -1.82. The summed E-state index contributed by atoms with van der Waals surface area (Å²) in [7, 11) is 1.55. The van der Waals surface area contributed by atoms with E-state index in [0.29, 0.717) is 44.4 Å². The number of ether oxygens (including phenoxy) is 2. The number of nitrogens with one attached hydrogen (secondary N) is 2. The molecular formula is C24H33F2IN4O2. The van der Waals surface area contributed by atoms with Crippen LogP contribution in [-0.4, -0.2) is 57.4 Å². The summed E-state index contributed by atoms with van der Waals surface area (Å²) in [4.78, 5) is 7.01. The van der Waals surface area contributed by atoms with Crippen molar-refractivity contribution in [2.75, 3.05) is 46.5 Å². The Kier molecular flexibility index (Phi) is 12.0. The van der Waals surface area contributed by atoms with Gasteiger partial charge in [0.2, 0.25) is 0 Å². The first-order valence-electron chi connectivity index (χ1n) is 11.0. The molecule has 1 saturated heterocycles. The van der Waals surface area contributed by atoms with Crippen LogP contribution in [0.4, 0.5) is 8.78 Å². The lowest BCUT2D eigenvalue weighted by Crippen LogP contribution is -2.46. The topological polar surface area (TPSA) is 58.1 Å². The van der Waals surface area contributed by atoms with E-state index in [2.05, 4.69) is 20.5 Å². The number of hydrogen-bond acceptors (Lipinski definition) is 4. The molecule has 1 atom stereocenters. The lowest BCUT2D eigenvalue weighted by molar-refractivity contribution is 0.0170. The van der Waals surface area contributed by atoms with Crippen molar-refractivity contribution in [1.82, 2.24) is 15.5 Å². The fourth-order valence-corrected chi connectivity index (χ4v) is 3.73. The molecule has 2 aromatic carbocycles. The van der Waals surface area contributed by atoms with Gasteiger partial charge in [-0.15, -0.1) is 24.0 Å². The summed E-state index contributed by atoms with van der Waals surface area (Å²) in [6.07, 6.45) is 0. The fraction of sp³-hybridized carbons (Fsp3) is 0.458. The van der Waals surface area contributed by atoms with Crippen LogP contribution in [0.25, 0.3) is 0 Å². The molecule has 33 heavy (non-hydrogen) atoms. The first-order valence-corrected chi connectivity index (χ1v) is 11.0. The highest BCUT2D eigenvalue weighted by atomic mass is 127. The van der Waals surface area contributed by atoms with Crippen LogP contribution in [-0.2, 0) is 22.6 Å². The Bertz CT molecular complexity index is 877. The van der Waals surface area contributed by atoms with Crippen LogP contribution in [0, 0.1) is 11.6 Å². The van der Waals surface area contributed by atoms with Gasteiger partial charge in [0.1, 0.15) is 11.6 Å². The summed E-state index contributed by atoms with van der Waals surface area (Å²) < 4.78 is 37.9. The molecule has 1 heterocycles. The van der Waals surface area contributed by atoms with Crippen molar-refractivity contribution < 1.29 is 18.3 Å². The molecule has 0 spiro atoms. The van der Waals surface area contributed by atoms with E-state index in [4.69, 9.17) is 9.47 Å². The van der Waals surface area contributed by atoms with Crippen molar-refractivity contribution in [3.8, 4) is 0 Å². The van der Waals surface area contributed by atoms with E-state index in [9.17, 15) is 8.78 Å². The van der Waals surface area contributed by atoms with E-state index in [1.54, 1.807) is 19.2 Å². The van der Waals surface area contributed by atoms with Gasteiger partial charge in [0, 0.05) is 38.9 Å². The average molecular weight is 574 g/mol. The van der Waals surface area contributed by atoms with E-state index in [-0.39, 0.29) is 48.3 Å². The zero-order chi connectivity index (χ0) is 22.8.